The number of hydrogen-bond acceptors (Lipinski definition) is 3. The van der Waals surface area contributed by atoms with Gasteiger partial charge in [-0.25, -0.2) is 4.39 Å². The number of hydrogen-bond donors (Lipinski definition) is 3. The number of anilines is 1. The molecule has 108 valence electrons. The predicted molar refractivity (Wildman–Crippen MR) is 77.7 cm³/mol. The molecule has 0 radical (unpaired) electrons. The summed E-state index contributed by atoms with van der Waals surface area (Å²) in [5.74, 6) is 0.00215. The normalized spacial score (nSPS) is 29.6. The van der Waals surface area contributed by atoms with Crippen molar-refractivity contribution in [3.63, 3.8) is 0 Å². The largest absolute Gasteiger partial charge is 0.398 e. The summed E-state index contributed by atoms with van der Waals surface area (Å²) in [5, 5.41) is 18.0. The Balaban J connectivity index is 2.09. The van der Waals surface area contributed by atoms with Gasteiger partial charge in [0.25, 0.3) is 0 Å². The summed E-state index contributed by atoms with van der Waals surface area (Å²) in [7, 11) is 0. The van der Waals surface area contributed by atoms with Gasteiger partial charge in [-0.05, 0) is 44.1 Å². The molecule has 2 bridgehead atoms. The van der Waals surface area contributed by atoms with Gasteiger partial charge in [-0.3, -0.25) is 0 Å². The van der Waals surface area contributed by atoms with Crippen LogP contribution in [0, 0.1) is 22.6 Å². The Morgan fingerprint density at radius 2 is 2.15 bits per heavy atom. The Hall–Kier alpha value is -1.13. The van der Waals surface area contributed by atoms with E-state index >= 15 is 0 Å². The molecule has 0 unspecified atom stereocenters. The van der Waals surface area contributed by atoms with E-state index in [9.17, 15) is 9.50 Å². The van der Waals surface area contributed by atoms with Crippen LogP contribution in [-0.4, -0.2) is 11.3 Å². The molecule has 2 aliphatic carbocycles. The summed E-state index contributed by atoms with van der Waals surface area (Å²) in [4.78, 5) is 0. The number of benzene rings is 1. The molecule has 1 aromatic carbocycles. The van der Waals surface area contributed by atoms with Crippen LogP contribution in [0.4, 0.5) is 10.1 Å². The maximum Gasteiger partial charge on any atom is 0.149 e. The summed E-state index contributed by atoms with van der Waals surface area (Å²) in [6.07, 6.45) is 5.04. The van der Waals surface area contributed by atoms with E-state index in [2.05, 4.69) is 0 Å². The fourth-order valence-corrected chi connectivity index (χ4v) is 4.21. The zero-order valence-electron chi connectivity index (χ0n) is 11.1. The second-order valence-corrected chi connectivity index (χ2v) is 6.55. The van der Waals surface area contributed by atoms with Crippen molar-refractivity contribution in [3.05, 3.63) is 28.0 Å². The molecule has 0 spiro atoms. The molecule has 4 N–H and O–H groups in total. The van der Waals surface area contributed by atoms with E-state index in [1.807, 2.05) is 0 Å². The Labute approximate surface area is 122 Å². The molecule has 3 rings (SSSR count). The van der Waals surface area contributed by atoms with Crippen molar-refractivity contribution < 1.29 is 9.50 Å². The van der Waals surface area contributed by atoms with Gasteiger partial charge in [0.05, 0.1) is 11.1 Å². The van der Waals surface area contributed by atoms with Crippen LogP contribution in [0.15, 0.2) is 6.07 Å². The SMILES string of the molecule is N=Cc1cc(Cl)c(F)c([C@H](O)C23CCC(CC2)C3)c1N. The third kappa shape index (κ3) is 1.85. The molecule has 0 aliphatic heterocycles. The predicted octanol–water partition coefficient (Wildman–Crippen LogP) is 3.67. The number of nitrogens with one attached hydrogen (secondary N) is 1. The van der Waals surface area contributed by atoms with Gasteiger partial charge in [0.2, 0.25) is 0 Å². The first kappa shape index (κ1) is 13.8. The standard InChI is InChI=1S/C15H18ClFN2O/c16-10-5-9(7-18)13(19)11(12(10)17)14(20)15-3-1-8(6-15)2-4-15/h5,7-8,14,18,20H,1-4,6,19H2/t8?,14-,15?/m0/s1. The van der Waals surface area contributed by atoms with Crippen LogP contribution in [0.25, 0.3) is 0 Å². The highest BCUT2D eigenvalue weighted by atomic mass is 35.5. The summed E-state index contributed by atoms with van der Waals surface area (Å²) in [6, 6.07) is 1.33. The Morgan fingerprint density at radius 3 is 2.65 bits per heavy atom. The number of nitrogens with two attached hydrogens (primary N) is 1. The zero-order chi connectivity index (χ0) is 14.5. The third-order valence-electron chi connectivity index (χ3n) is 5.13. The van der Waals surface area contributed by atoms with Crippen molar-refractivity contribution in [2.24, 2.45) is 11.3 Å². The summed E-state index contributed by atoms with van der Waals surface area (Å²) in [6.45, 7) is 0. The first-order valence-electron chi connectivity index (χ1n) is 6.94. The van der Waals surface area contributed by atoms with E-state index in [4.69, 9.17) is 22.7 Å². The molecule has 0 aromatic heterocycles. The summed E-state index contributed by atoms with van der Waals surface area (Å²) < 4.78 is 14.4. The lowest BCUT2D eigenvalue weighted by molar-refractivity contribution is 0.0276. The van der Waals surface area contributed by atoms with Gasteiger partial charge >= 0.3 is 0 Å². The maximum atomic E-state index is 14.4. The molecule has 2 saturated carbocycles. The number of halogens is 2. The number of aliphatic hydroxyl groups is 1. The molecular weight excluding hydrogens is 279 g/mol. The fourth-order valence-electron chi connectivity index (χ4n) is 3.99. The van der Waals surface area contributed by atoms with Gasteiger partial charge in [-0.1, -0.05) is 11.6 Å². The van der Waals surface area contributed by atoms with Crippen molar-refractivity contribution in [2.45, 2.75) is 38.2 Å². The van der Waals surface area contributed by atoms with Crippen LogP contribution < -0.4 is 5.73 Å². The summed E-state index contributed by atoms with van der Waals surface area (Å²) in [5.41, 5.74) is 6.27. The van der Waals surface area contributed by atoms with Crippen molar-refractivity contribution in [1.29, 1.82) is 5.41 Å². The molecular formula is C15H18ClFN2O. The smallest absolute Gasteiger partial charge is 0.149 e. The monoisotopic (exact) mass is 296 g/mol. The van der Waals surface area contributed by atoms with Gasteiger partial charge in [0.1, 0.15) is 5.82 Å². The molecule has 0 heterocycles. The number of rotatable bonds is 3. The van der Waals surface area contributed by atoms with Crippen molar-refractivity contribution in [3.8, 4) is 0 Å². The minimum absolute atomic E-state index is 0.0820. The molecule has 1 atom stereocenters. The van der Waals surface area contributed by atoms with Gasteiger partial charge in [-0.2, -0.15) is 0 Å². The molecule has 0 saturated heterocycles. The molecule has 20 heavy (non-hydrogen) atoms. The lowest BCUT2D eigenvalue weighted by atomic mass is 9.75. The van der Waals surface area contributed by atoms with E-state index < -0.39 is 11.9 Å². The minimum Gasteiger partial charge on any atom is -0.398 e. The average Bonchev–Trinajstić information content (AvgIpc) is 3.04. The van der Waals surface area contributed by atoms with Gasteiger partial charge in [0, 0.05) is 28.4 Å². The molecule has 3 nitrogen and oxygen atoms in total. The van der Waals surface area contributed by atoms with E-state index in [-0.39, 0.29) is 21.7 Å². The second kappa shape index (κ2) is 4.71. The maximum absolute atomic E-state index is 14.4. The topological polar surface area (TPSA) is 70.1 Å². The van der Waals surface area contributed by atoms with Crippen molar-refractivity contribution in [2.75, 3.05) is 5.73 Å². The van der Waals surface area contributed by atoms with E-state index in [1.54, 1.807) is 0 Å². The van der Waals surface area contributed by atoms with Crippen LogP contribution in [0.1, 0.15) is 49.3 Å². The number of nitrogen functional groups attached to an aromatic ring is 1. The van der Waals surface area contributed by atoms with Crippen molar-refractivity contribution in [1.82, 2.24) is 0 Å². The molecule has 5 heteroatoms. The summed E-state index contributed by atoms with van der Waals surface area (Å²) >= 11 is 5.87. The first-order chi connectivity index (χ1) is 9.48. The molecule has 1 aromatic rings. The fraction of sp³-hybridized carbons (Fsp3) is 0.533. The van der Waals surface area contributed by atoms with Crippen molar-refractivity contribution >= 4 is 23.5 Å². The van der Waals surface area contributed by atoms with E-state index in [1.165, 1.54) is 6.07 Å². The molecule has 2 aliphatic rings. The Kier molecular flexibility index (Phi) is 3.26. The lowest BCUT2D eigenvalue weighted by Gasteiger charge is -2.33. The van der Waals surface area contributed by atoms with Gasteiger partial charge in [-0.15, -0.1) is 0 Å². The second-order valence-electron chi connectivity index (χ2n) is 6.15. The average molecular weight is 297 g/mol. The third-order valence-corrected chi connectivity index (χ3v) is 5.41. The first-order valence-corrected chi connectivity index (χ1v) is 7.32. The highest BCUT2D eigenvalue weighted by Crippen LogP contribution is 2.60. The van der Waals surface area contributed by atoms with Gasteiger partial charge in [0.15, 0.2) is 0 Å². The lowest BCUT2D eigenvalue weighted by Crippen LogP contribution is -2.26. The Morgan fingerprint density at radius 1 is 1.50 bits per heavy atom. The van der Waals surface area contributed by atoms with Crippen LogP contribution >= 0.6 is 11.6 Å². The van der Waals surface area contributed by atoms with Crippen LogP contribution in [0.5, 0.6) is 0 Å². The number of fused-ring (bicyclic) bond motifs is 2. The van der Waals surface area contributed by atoms with Crippen LogP contribution in [0.2, 0.25) is 5.02 Å². The minimum atomic E-state index is -0.938. The van der Waals surface area contributed by atoms with Crippen LogP contribution in [0.3, 0.4) is 0 Å². The highest BCUT2D eigenvalue weighted by molar-refractivity contribution is 6.31. The molecule has 0 amide bonds. The quantitative estimate of drug-likeness (QED) is 0.588. The highest BCUT2D eigenvalue weighted by Gasteiger charge is 2.50. The number of aliphatic hydroxyl groups excluding tert-OH is 1. The Bertz CT molecular complexity index is 567. The molecule has 2 fully saturated rings. The van der Waals surface area contributed by atoms with E-state index in [0.29, 0.717) is 11.5 Å². The zero-order valence-corrected chi connectivity index (χ0v) is 11.9. The van der Waals surface area contributed by atoms with Crippen LogP contribution in [-0.2, 0) is 0 Å². The van der Waals surface area contributed by atoms with E-state index in [0.717, 1.165) is 38.3 Å². The van der Waals surface area contributed by atoms with Gasteiger partial charge < -0.3 is 16.2 Å².